The normalized spacial score (nSPS) is 10.1. The van der Waals surface area contributed by atoms with Crippen LogP contribution in [0, 0.1) is 3.57 Å². The van der Waals surface area contributed by atoms with Crippen LogP contribution >= 0.6 is 34.2 Å². The molecule has 4 heteroatoms. The predicted molar refractivity (Wildman–Crippen MR) is 64.7 cm³/mol. The molecular weight excluding hydrogens is 314 g/mol. The van der Waals surface area contributed by atoms with Gasteiger partial charge in [-0.15, -0.1) is 0 Å². The Kier molecular flexibility index (Phi) is 4.68. The maximum absolute atomic E-state index is 10.3. The van der Waals surface area contributed by atoms with E-state index >= 15 is 0 Å². The first-order valence-corrected chi connectivity index (χ1v) is 5.71. The Morgan fingerprint density at radius 1 is 1.50 bits per heavy atom. The van der Waals surface area contributed by atoms with Crippen LogP contribution in [0.1, 0.15) is 18.4 Å². The maximum atomic E-state index is 10.3. The zero-order chi connectivity index (χ0) is 10.6. The molecule has 76 valence electrons. The Morgan fingerprint density at radius 2 is 2.21 bits per heavy atom. The molecule has 0 radical (unpaired) electrons. The van der Waals surface area contributed by atoms with Crippen molar-refractivity contribution in [2.24, 2.45) is 0 Å². The number of aliphatic carboxylic acids is 1. The largest absolute Gasteiger partial charge is 0.481 e. The van der Waals surface area contributed by atoms with Gasteiger partial charge in [0.15, 0.2) is 0 Å². The minimum absolute atomic E-state index is 0.212. The summed E-state index contributed by atoms with van der Waals surface area (Å²) in [4.78, 5) is 10.3. The summed E-state index contributed by atoms with van der Waals surface area (Å²) in [7, 11) is 0. The molecule has 0 aliphatic heterocycles. The summed E-state index contributed by atoms with van der Waals surface area (Å²) in [6.45, 7) is 0. The molecule has 0 amide bonds. The van der Waals surface area contributed by atoms with Crippen LogP contribution in [-0.2, 0) is 11.2 Å². The average Bonchev–Trinajstić information content (AvgIpc) is 2.10. The Bertz CT molecular complexity index is 339. The molecule has 1 aromatic carbocycles. The van der Waals surface area contributed by atoms with Crippen molar-refractivity contribution in [3.63, 3.8) is 0 Å². The van der Waals surface area contributed by atoms with Gasteiger partial charge in [0.05, 0.1) is 5.02 Å². The second-order valence-electron chi connectivity index (χ2n) is 3.00. The standard InChI is InChI=1S/C10H10ClIO2/c11-8-6-7(4-5-9(8)12)2-1-3-10(13)14/h4-6H,1-3H2,(H,13,14). The molecule has 0 saturated heterocycles. The summed E-state index contributed by atoms with van der Waals surface area (Å²) in [5.74, 6) is -0.749. The summed E-state index contributed by atoms with van der Waals surface area (Å²) in [5.41, 5.74) is 1.09. The van der Waals surface area contributed by atoms with Gasteiger partial charge in [-0.2, -0.15) is 0 Å². The first kappa shape index (κ1) is 11.8. The van der Waals surface area contributed by atoms with Gasteiger partial charge in [0.2, 0.25) is 0 Å². The van der Waals surface area contributed by atoms with Gasteiger partial charge in [-0.25, -0.2) is 0 Å². The topological polar surface area (TPSA) is 37.3 Å². The number of halogens is 2. The lowest BCUT2D eigenvalue weighted by Crippen LogP contribution is -1.95. The van der Waals surface area contributed by atoms with Crippen molar-refractivity contribution in [1.82, 2.24) is 0 Å². The number of carboxylic acids is 1. The molecule has 0 heterocycles. The maximum Gasteiger partial charge on any atom is 0.303 e. The number of rotatable bonds is 4. The summed E-state index contributed by atoms with van der Waals surface area (Å²) in [6, 6.07) is 5.82. The number of aryl methyl sites for hydroxylation is 1. The Balaban J connectivity index is 2.51. The SMILES string of the molecule is O=C(O)CCCc1ccc(I)c(Cl)c1. The van der Waals surface area contributed by atoms with Gasteiger partial charge in [0, 0.05) is 9.99 Å². The van der Waals surface area contributed by atoms with Gasteiger partial charge < -0.3 is 5.11 Å². The molecule has 0 spiro atoms. The zero-order valence-electron chi connectivity index (χ0n) is 7.46. The molecule has 0 bridgehead atoms. The third-order valence-electron chi connectivity index (χ3n) is 1.84. The van der Waals surface area contributed by atoms with Crippen LogP contribution in [0.25, 0.3) is 0 Å². The summed E-state index contributed by atoms with van der Waals surface area (Å²) >= 11 is 8.09. The fourth-order valence-corrected chi connectivity index (χ4v) is 1.68. The summed E-state index contributed by atoms with van der Waals surface area (Å²) < 4.78 is 1.02. The van der Waals surface area contributed by atoms with Crippen LogP contribution in [0.4, 0.5) is 0 Å². The van der Waals surface area contributed by atoms with E-state index in [2.05, 4.69) is 22.6 Å². The van der Waals surface area contributed by atoms with E-state index in [1.54, 1.807) is 0 Å². The number of carboxylic acid groups (broad SMARTS) is 1. The van der Waals surface area contributed by atoms with Gasteiger partial charge in [0.1, 0.15) is 0 Å². The molecule has 1 N–H and O–H groups in total. The first-order chi connectivity index (χ1) is 6.59. The minimum atomic E-state index is -0.749. The van der Waals surface area contributed by atoms with Gasteiger partial charge in [-0.3, -0.25) is 4.79 Å². The first-order valence-electron chi connectivity index (χ1n) is 4.25. The van der Waals surface area contributed by atoms with Crippen LogP contribution in [0.2, 0.25) is 5.02 Å². The molecule has 0 aliphatic rings. The van der Waals surface area contributed by atoms with Crippen LogP contribution < -0.4 is 0 Å². The quantitative estimate of drug-likeness (QED) is 0.862. The fraction of sp³-hybridized carbons (Fsp3) is 0.300. The van der Waals surface area contributed by atoms with Crippen LogP contribution in [0.3, 0.4) is 0 Å². The van der Waals surface area contributed by atoms with Crippen molar-refractivity contribution in [3.05, 3.63) is 32.4 Å². The number of benzene rings is 1. The molecule has 2 nitrogen and oxygen atoms in total. The molecule has 14 heavy (non-hydrogen) atoms. The second-order valence-corrected chi connectivity index (χ2v) is 4.57. The summed E-state index contributed by atoms with van der Waals surface area (Å²) in [6.07, 6.45) is 1.64. The van der Waals surface area contributed by atoms with Crippen LogP contribution in [0.5, 0.6) is 0 Å². The van der Waals surface area contributed by atoms with E-state index in [9.17, 15) is 4.79 Å². The van der Waals surface area contributed by atoms with E-state index in [1.807, 2.05) is 18.2 Å². The van der Waals surface area contributed by atoms with Crippen molar-refractivity contribution >= 4 is 40.2 Å². The van der Waals surface area contributed by atoms with E-state index in [1.165, 1.54) is 0 Å². The van der Waals surface area contributed by atoms with Crippen molar-refractivity contribution in [1.29, 1.82) is 0 Å². The van der Waals surface area contributed by atoms with Crippen molar-refractivity contribution < 1.29 is 9.90 Å². The molecule has 1 rings (SSSR count). The van der Waals surface area contributed by atoms with Crippen molar-refractivity contribution in [2.75, 3.05) is 0 Å². The predicted octanol–water partition coefficient (Wildman–Crippen LogP) is 3.35. The Hall–Kier alpha value is -0.290. The monoisotopic (exact) mass is 324 g/mol. The highest BCUT2D eigenvalue weighted by atomic mass is 127. The smallest absolute Gasteiger partial charge is 0.303 e. The van der Waals surface area contributed by atoms with Crippen molar-refractivity contribution in [2.45, 2.75) is 19.3 Å². The lowest BCUT2D eigenvalue weighted by molar-refractivity contribution is -0.137. The number of hydrogen-bond acceptors (Lipinski definition) is 1. The van der Waals surface area contributed by atoms with Crippen LogP contribution in [-0.4, -0.2) is 11.1 Å². The number of carbonyl (C=O) groups is 1. The van der Waals surface area contributed by atoms with Crippen molar-refractivity contribution in [3.8, 4) is 0 Å². The molecule has 0 saturated carbocycles. The molecule has 0 aromatic heterocycles. The molecule has 1 aromatic rings. The average molecular weight is 325 g/mol. The van der Waals surface area contributed by atoms with E-state index in [-0.39, 0.29) is 6.42 Å². The van der Waals surface area contributed by atoms with Gasteiger partial charge in [-0.05, 0) is 53.1 Å². The van der Waals surface area contributed by atoms with E-state index in [4.69, 9.17) is 16.7 Å². The lowest BCUT2D eigenvalue weighted by atomic mass is 10.1. The molecular formula is C10H10ClIO2. The lowest BCUT2D eigenvalue weighted by Gasteiger charge is -2.01. The Labute approximate surface area is 101 Å². The third kappa shape index (κ3) is 3.84. The zero-order valence-corrected chi connectivity index (χ0v) is 10.4. The highest BCUT2D eigenvalue weighted by Gasteiger charge is 2.01. The molecule has 0 unspecified atom stereocenters. The molecule has 0 atom stereocenters. The van der Waals surface area contributed by atoms with E-state index in [0.717, 1.165) is 20.6 Å². The minimum Gasteiger partial charge on any atom is -0.481 e. The van der Waals surface area contributed by atoms with E-state index < -0.39 is 5.97 Å². The second kappa shape index (κ2) is 5.56. The highest BCUT2D eigenvalue weighted by molar-refractivity contribution is 14.1. The highest BCUT2D eigenvalue weighted by Crippen LogP contribution is 2.20. The summed E-state index contributed by atoms with van der Waals surface area (Å²) in [5, 5.41) is 9.20. The van der Waals surface area contributed by atoms with Crippen LogP contribution in [0.15, 0.2) is 18.2 Å². The third-order valence-corrected chi connectivity index (χ3v) is 3.41. The van der Waals surface area contributed by atoms with E-state index in [0.29, 0.717) is 6.42 Å². The fourth-order valence-electron chi connectivity index (χ4n) is 1.14. The van der Waals surface area contributed by atoms with Gasteiger partial charge in [-0.1, -0.05) is 17.7 Å². The van der Waals surface area contributed by atoms with Gasteiger partial charge in [0.25, 0.3) is 0 Å². The van der Waals surface area contributed by atoms with Gasteiger partial charge >= 0.3 is 5.97 Å². The molecule has 0 fully saturated rings. The molecule has 0 aliphatic carbocycles. The Morgan fingerprint density at radius 3 is 2.79 bits per heavy atom. The number of hydrogen-bond donors (Lipinski definition) is 1.